The average Bonchev–Trinajstić information content (AvgIpc) is 2.08. The van der Waals surface area contributed by atoms with E-state index in [1.807, 2.05) is 7.05 Å². The molecule has 0 bridgehead atoms. The minimum absolute atomic E-state index is 0.297. The van der Waals surface area contributed by atoms with Gasteiger partial charge in [-0.05, 0) is 36.5 Å². The second kappa shape index (κ2) is 5.85. The maximum Gasteiger partial charge on any atom is 0.191 e. The zero-order valence-electron chi connectivity index (χ0n) is 13.4. The highest BCUT2D eigenvalue weighted by Crippen LogP contribution is 2.37. The zero-order chi connectivity index (χ0) is 13.9. The molecule has 0 aromatic heterocycles. The van der Waals surface area contributed by atoms with E-state index < -0.39 is 8.32 Å². The van der Waals surface area contributed by atoms with E-state index in [1.54, 1.807) is 0 Å². The third kappa shape index (κ3) is 5.54. The Hall–Kier alpha value is 0.137. The summed E-state index contributed by atoms with van der Waals surface area (Å²) < 4.78 is 6.33. The highest BCUT2D eigenvalue weighted by molar-refractivity contribution is 6.74. The lowest BCUT2D eigenvalue weighted by Crippen LogP contribution is -2.44. The molecule has 0 aliphatic heterocycles. The molecule has 0 rings (SSSR count). The van der Waals surface area contributed by atoms with Gasteiger partial charge in [-0.2, -0.15) is 0 Å². The number of nitrogens with one attached hydrogen (secondary N) is 1. The van der Waals surface area contributed by atoms with Crippen molar-refractivity contribution in [2.45, 2.75) is 59.7 Å². The second-order valence-corrected chi connectivity index (χ2v) is 12.5. The summed E-state index contributed by atoms with van der Waals surface area (Å²) in [6, 6.07) is 0. The van der Waals surface area contributed by atoms with Gasteiger partial charge in [-0.25, -0.2) is 0 Å². The van der Waals surface area contributed by atoms with Crippen molar-refractivity contribution >= 4 is 8.32 Å². The minimum atomic E-state index is -1.60. The van der Waals surface area contributed by atoms with Gasteiger partial charge in [-0.1, -0.05) is 41.5 Å². The fourth-order valence-corrected chi connectivity index (χ4v) is 2.44. The molecule has 0 saturated carbocycles. The molecular formula is C14H33NOSi. The van der Waals surface area contributed by atoms with Crippen LogP contribution in [0.1, 0.15) is 41.5 Å². The molecule has 17 heavy (non-hydrogen) atoms. The molecule has 0 aromatic rings. The Morgan fingerprint density at radius 2 is 1.53 bits per heavy atom. The van der Waals surface area contributed by atoms with Crippen LogP contribution in [0.2, 0.25) is 18.1 Å². The topological polar surface area (TPSA) is 21.3 Å². The Labute approximate surface area is 110 Å². The van der Waals surface area contributed by atoms with E-state index in [2.05, 4.69) is 60.0 Å². The van der Waals surface area contributed by atoms with E-state index in [0.717, 1.165) is 13.2 Å². The average molecular weight is 260 g/mol. The Morgan fingerprint density at radius 3 is 1.82 bits per heavy atom. The van der Waals surface area contributed by atoms with Crippen LogP contribution in [0.25, 0.3) is 0 Å². The SMILES string of the molecule is CNC[C@H](CO[Si](C)(C)C(C)(C)C)C(C)(C)C. The molecule has 104 valence electrons. The van der Waals surface area contributed by atoms with Crippen molar-refractivity contribution in [3.63, 3.8) is 0 Å². The standard InChI is InChI=1S/C14H33NOSi/c1-13(2,3)12(10-15-7)11-16-17(8,9)14(4,5)6/h12,15H,10-11H2,1-9H3/t12-/m1/s1. The van der Waals surface area contributed by atoms with Crippen LogP contribution in [-0.4, -0.2) is 28.5 Å². The summed E-state index contributed by atoms with van der Waals surface area (Å²) in [5.41, 5.74) is 0.297. The first kappa shape index (κ1) is 17.1. The molecular weight excluding hydrogens is 226 g/mol. The largest absolute Gasteiger partial charge is 0.416 e. The smallest absolute Gasteiger partial charge is 0.191 e. The normalized spacial score (nSPS) is 16.1. The lowest BCUT2D eigenvalue weighted by atomic mass is 9.81. The van der Waals surface area contributed by atoms with Gasteiger partial charge in [0, 0.05) is 13.2 Å². The third-order valence-electron chi connectivity index (χ3n) is 4.13. The summed E-state index contributed by atoms with van der Waals surface area (Å²) in [6.45, 7) is 20.3. The van der Waals surface area contributed by atoms with Crippen molar-refractivity contribution < 1.29 is 4.43 Å². The highest BCUT2D eigenvalue weighted by atomic mass is 28.4. The van der Waals surface area contributed by atoms with Gasteiger partial charge in [-0.15, -0.1) is 0 Å². The van der Waals surface area contributed by atoms with Crippen molar-refractivity contribution in [3.8, 4) is 0 Å². The van der Waals surface area contributed by atoms with E-state index >= 15 is 0 Å². The Morgan fingerprint density at radius 1 is 1.06 bits per heavy atom. The number of hydrogen-bond donors (Lipinski definition) is 1. The third-order valence-corrected chi connectivity index (χ3v) is 8.63. The molecule has 0 radical (unpaired) electrons. The molecule has 0 saturated heterocycles. The van der Waals surface area contributed by atoms with E-state index in [-0.39, 0.29) is 0 Å². The number of hydrogen-bond acceptors (Lipinski definition) is 2. The molecule has 1 atom stereocenters. The summed E-state index contributed by atoms with van der Waals surface area (Å²) in [4.78, 5) is 0. The first-order valence-corrected chi connectivity index (χ1v) is 9.61. The Balaban J connectivity index is 4.51. The molecule has 2 nitrogen and oxygen atoms in total. The zero-order valence-corrected chi connectivity index (χ0v) is 14.4. The summed E-state index contributed by atoms with van der Waals surface area (Å²) in [7, 11) is 0.416. The van der Waals surface area contributed by atoms with E-state index in [4.69, 9.17) is 4.43 Å². The van der Waals surface area contributed by atoms with Gasteiger partial charge in [0.25, 0.3) is 0 Å². The predicted octanol–water partition coefficient (Wildman–Crippen LogP) is 3.89. The maximum absolute atomic E-state index is 6.33. The molecule has 0 amide bonds. The Bertz CT molecular complexity index is 225. The van der Waals surface area contributed by atoms with Crippen LogP contribution >= 0.6 is 0 Å². The fourth-order valence-electron chi connectivity index (χ4n) is 1.39. The molecule has 3 heteroatoms. The van der Waals surface area contributed by atoms with Gasteiger partial charge in [0.15, 0.2) is 8.32 Å². The molecule has 0 aliphatic carbocycles. The predicted molar refractivity (Wildman–Crippen MR) is 80.0 cm³/mol. The van der Waals surface area contributed by atoms with E-state index in [0.29, 0.717) is 16.4 Å². The van der Waals surface area contributed by atoms with Crippen molar-refractivity contribution in [2.24, 2.45) is 11.3 Å². The highest BCUT2D eigenvalue weighted by Gasteiger charge is 2.38. The maximum atomic E-state index is 6.33. The molecule has 0 fully saturated rings. The van der Waals surface area contributed by atoms with Crippen molar-refractivity contribution in [2.75, 3.05) is 20.2 Å². The van der Waals surface area contributed by atoms with E-state index in [1.165, 1.54) is 0 Å². The van der Waals surface area contributed by atoms with Crippen LogP contribution in [0.4, 0.5) is 0 Å². The van der Waals surface area contributed by atoms with Gasteiger partial charge in [-0.3, -0.25) is 0 Å². The minimum Gasteiger partial charge on any atom is -0.416 e. The van der Waals surface area contributed by atoms with Crippen LogP contribution in [0, 0.1) is 11.3 Å². The van der Waals surface area contributed by atoms with Crippen LogP contribution in [-0.2, 0) is 4.43 Å². The van der Waals surface area contributed by atoms with Gasteiger partial charge in [0.05, 0.1) is 0 Å². The molecule has 0 aliphatic rings. The lowest BCUT2D eigenvalue weighted by molar-refractivity contribution is 0.136. The van der Waals surface area contributed by atoms with Gasteiger partial charge < -0.3 is 9.74 Å². The van der Waals surface area contributed by atoms with Crippen LogP contribution < -0.4 is 5.32 Å². The van der Waals surface area contributed by atoms with Crippen LogP contribution in [0.5, 0.6) is 0 Å². The summed E-state index contributed by atoms with van der Waals surface area (Å²) in [6.07, 6.45) is 0. The van der Waals surface area contributed by atoms with Gasteiger partial charge >= 0.3 is 0 Å². The molecule has 0 aromatic carbocycles. The van der Waals surface area contributed by atoms with Gasteiger partial charge in [0.2, 0.25) is 0 Å². The molecule has 0 unspecified atom stereocenters. The first-order chi connectivity index (χ1) is 7.42. The molecule has 1 N–H and O–H groups in total. The van der Waals surface area contributed by atoms with Crippen LogP contribution in [0.3, 0.4) is 0 Å². The quantitative estimate of drug-likeness (QED) is 0.756. The second-order valence-electron chi connectivity index (χ2n) is 7.69. The lowest BCUT2D eigenvalue weighted by Gasteiger charge is -2.39. The van der Waals surface area contributed by atoms with Crippen molar-refractivity contribution in [1.29, 1.82) is 0 Å². The molecule has 0 spiro atoms. The van der Waals surface area contributed by atoms with Crippen LogP contribution in [0.15, 0.2) is 0 Å². The number of rotatable bonds is 5. The summed E-state index contributed by atoms with van der Waals surface area (Å²) in [5.74, 6) is 0.571. The first-order valence-electron chi connectivity index (χ1n) is 6.70. The fraction of sp³-hybridized carbons (Fsp3) is 1.00. The van der Waals surface area contributed by atoms with Crippen molar-refractivity contribution in [1.82, 2.24) is 5.32 Å². The summed E-state index contributed by atoms with van der Waals surface area (Å²) >= 11 is 0. The summed E-state index contributed by atoms with van der Waals surface area (Å²) in [5, 5.41) is 3.59. The molecule has 0 heterocycles. The van der Waals surface area contributed by atoms with E-state index in [9.17, 15) is 0 Å². The van der Waals surface area contributed by atoms with Gasteiger partial charge in [0.1, 0.15) is 0 Å². The van der Waals surface area contributed by atoms with Crippen molar-refractivity contribution in [3.05, 3.63) is 0 Å². The monoisotopic (exact) mass is 259 g/mol. The Kier molecular flexibility index (Phi) is 5.90.